The van der Waals surface area contributed by atoms with Gasteiger partial charge in [-0.3, -0.25) is 4.79 Å². The summed E-state index contributed by atoms with van der Waals surface area (Å²) in [6, 6.07) is 16.6. The van der Waals surface area contributed by atoms with Crippen LogP contribution in [-0.4, -0.2) is 64.9 Å². The number of carbonyl (C=O) groups excluding carboxylic acids is 1. The van der Waals surface area contributed by atoms with Crippen LogP contribution in [0.3, 0.4) is 0 Å². The van der Waals surface area contributed by atoms with Crippen LogP contribution < -0.4 is 15.5 Å². The molecule has 2 aromatic carbocycles. The molecule has 2 atom stereocenters. The highest BCUT2D eigenvalue weighted by atomic mass is 32.1. The number of rotatable bonds is 6. The van der Waals surface area contributed by atoms with Crippen molar-refractivity contribution in [2.45, 2.75) is 44.6 Å². The molecule has 0 aliphatic carbocycles. The maximum Gasteiger partial charge on any atom is 0.400 e. The second-order valence-electron chi connectivity index (χ2n) is 10.8. The van der Waals surface area contributed by atoms with Gasteiger partial charge in [0.05, 0.1) is 24.1 Å². The number of amides is 1. The number of thiazole rings is 1. The largest absolute Gasteiger partial charge is 0.402 e. The van der Waals surface area contributed by atoms with E-state index in [1.165, 1.54) is 0 Å². The first-order valence-corrected chi connectivity index (χ1v) is 14.4. The van der Waals surface area contributed by atoms with Crippen molar-refractivity contribution >= 4 is 39.7 Å². The summed E-state index contributed by atoms with van der Waals surface area (Å²) in [7, 11) is 0. The van der Waals surface area contributed by atoms with E-state index in [2.05, 4.69) is 25.8 Å². The van der Waals surface area contributed by atoms with Crippen molar-refractivity contribution in [2.24, 2.45) is 4.99 Å². The predicted octanol–water partition coefficient (Wildman–Crippen LogP) is 5.49. The van der Waals surface area contributed by atoms with Crippen LogP contribution in [-0.2, 0) is 14.9 Å². The number of benzene rings is 2. The van der Waals surface area contributed by atoms with E-state index in [4.69, 9.17) is 14.1 Å². The number of halogens is 3. The standard InChI is InChI=1S/C29H28F3N7O3S/c1-16-15-39(13-14-41-16)25-21(35-26(43-25)28(2,3)29(30,31)32)24-37-38-27(42-24)36-22-23(40)33-19-12-8-7-11-18(19)20(34-22)17-9-5-4-6-10-17/h4-12,16,22H,13-15H2,1-3H3,(H,33,40)(H,36,38)/t16-,22+/m0/s1. The van der Waals surface area contributed by atoms with Crippen LogP contribution in [0.4, 0.5) is 29.9 Å². The molecule has 1 saturated heterocycles. The van der Waals surface area contributed by atoms with Crippen molar-refractivity contribution in [2.75, 3.05) is 35.2 Å². The number of anilines is 3. The number of fused-ring (bicyclic) bond motifs is 1. The Bertz CT molecular complexity index is 1670. The lowest BCUT2D eigenvalue weighted by atomic mass is 9.94. The number of hydrogen-bond acceptors (Lipinski definition) is 10. The van der Waals surface area contributed by atoms with Crippen LogP contribution in [0.5, 0.6) is 0 Å². The molecule has 0 bridgehead atoms. The van der Waals surface area contributed by atoms with Crippen molar-refractivity contribution in [1.82, 2.24) is 15.2 Å². The average molecular weight is 612 g/mol. The molecule has 0 saturated carbocycles. The first-order chi connectivity index (χ1) is 20.5. The number of benzodiazepines with no additional fused rings is 1. The molecule has 224 valence electrons. The van der Waals surface area contributed by atoms with E-state index in [1.807, 2.05) is 60.4 Å². The Labute approximate surface area is 249 Å². The highest BCUT2D eigenvalue weighted by molar-refractivity contribution is 7.16. The minimum absolute atomic E-state index is 0.0818. The molecule has 2 N–H and O–H groups in total. The Kier molecular flexibility index (Phi) is 7.42. The monoisotopic (exact) mass is 611 g/mol. The fourth-order valence-electron chi connectivity index (χ4n) is 4.73. The van der Waals surface area contributed by atoms with E-state index in [-0.39, 0.29) is 28.7 Å². The van der Waals surface area contributed by atoms with E-state index in [0.29, 0.717) is 36.1 Å². The third kappa shape index (κ3) is 5.59. The first kappa shape index (κ1) is 28.8. The molecule has 1 fully saturated rings. The lowest BCUT2D eigenvalue weighted by molar-refractivity contribution is -0.180. The van der Waals surface area contributed by atoms with Crippen LogP contribution >= 0.6 is 11.3 Å². The molecular weight excluding hydrogens is 583 g/mol. The molecule has 6 rings (SSSR count). The minimum atomic E-state index is -4.53. The molecule has 14 heteroatoms. The first-order valence-electron chi connectivity index (χ1n) is 13.6. The van der Waals surface area contributed by atoms with Gasteiger partial charge in [-0.1, -0.05) is 65.0 Å². The molecule has 43 heavy (non-hydrogen) atoms. The molecule has 0 radical (unpaired) electrons. The maximum atomic E-state index is 14.0. The summed E-state index contributed by atoms with van der Waals surface area (Å²) in [5.74, 6) is -0.536. The van der Waals surface area contributed by atoms with E-state index in [1.54, 1.807) is 6.07 Å². The van der Waals surface area contributed by atoms with Gasteiger partial charge in [-0.2, -0.15) is 13.2 Å². The quantitative estimate of drug-likeness (QED) is 0.294. The van der Waals surface area contributed by atoms with Gasteiger partial charge in [0.1, 0.15) is 15.4 Å². The summed E-state index contributed by atoms with van der Waals surface area (Å²) < 4.78 is 53.4. The maximum absolute atomic E-state index is 14.0. The van der Waals surface area contributed by atoms with Crippen LogP contribution in [0.2, 0.25) is 0 Å². The van der Waals surface area contributed by atoms with Gasteiger partial charge >= 0.3 is 12.2 Å². The zero-order valence-corrected chi connectivity index (χ0v) is 24.3. The molecule has 0 spiro atoms. The minimum Gasteiger partial charge on any atom is -0.402 e. The van der Waals surface area contributed by atoms with Gasteiger partial charge in [0.15, 0.2) is 5.69 Å². The number of hydrogen-bond donors (Lipinski definition) is 2. The zero-order chi connectivity index (χ0) is 30.4. The number of carbonyl (C=O) groups is 1. The number of alkyl halides is 3. The molecule has 10 nitrogen and oxygen atoms in total. The molecule has 0 unspecified atom stereocenters. The molecule has 4 aromatic rings. The number of nitrogens with zero attached hydrogens (tertiary/aromatic N) is 5. The zero-order valence-electron chi connectivity index (χ0n) is 23.5. The number of ether oxygens (including phenoxy) is 1. The van der Waals surface area contributed by atoms with Crippen LogP contribution in [0.1, 0.15) is 36.9 Å². The third-order valence-corrected chi connectivity index (χ3v) is 8.70. The number of morpholine rings is 1. The summed E-state index contributed by atoms with van der Waals surface area (Å²) >= 11 is 0.941. The van der Waals surface area contributed by atoms with Gasteiger partial charge in [0.25, 0.3) is 11.8 Å². The Morgan fingerprint density at radius 1 is 1.07 bits per heavy atom. The van der Waals surface area contributed by atoms with E-state index >= 15 is 0 Å². The fourth-order valence-corrected chi connectivity index (χ4v) is 5.95. The summed E-state index contributed by atoms with van der Waals surface area (Å²) in [6.07, 6.45) is -5.80. The van der Waals surface area contributed by atoms with Gasteiger partial charge in [-0.25, -0.2) is 9.98 Å². The van der Waals surface area contributed by atoms with E-state index in [9.17, 15) is 18.0 Å². The van der Waals surface area contributed by atoms with Crippen molar-refractivity contribution < 1.29 is 27.1 Å². The number of aliphatic imine (C=N–C) groups is 1. The molecule has 2 aliphatic heterocycles. The second-order valence-corrected chi connectivity index (χ2v) is 11.7. The van der Waals surface area contributed by atoms with E-state index < -0.39 is 23.7 Å². The van der Waals surface area contributed by atoms with Crippen molar-refractivity contribution in [3.63, 3.8) is 0 Å². The highest BCUT2D eigenvalue weighted by Crippen LogP contribution is 2.47. The van der Waals surface area contributed by atoms with Crippen LogP contribution in [0, 0.1) is 0 Å². The van der Waals surface area contributed by atoms with Gasteiger partial charge in [0, 0.05) is 24.2 Å². The summed E-state index contributed by atoms with van der Waals surface area (Å²) in [5.41, 5.74) is 0.643. The predicted molar refractivity (Wildman–Crippen MR) is 157 cm³/mol. The molecule has 2 aliphatic rings. The molecule has 1 amide bonds. The second kappa shape index (κ2) is 11.1. The van der Waals surface area contributed by atoms with Gasteiger partial charge in [0.2, 0.25) is 6.17 Å². The summed E-state index contributed by atoms with van der Waals surface area (Å²) in [5, 5.41) is 14.2. The number of para-hydroxylation sites is 1. The van der Waals surface area contributed by atoms with E-state index in [0.717, 1.165) is 36.3 Å². The Morgan fingerprint density at radius 3 is 2.56 bits per heavy atom. The van der Waals surface area contributed by atoms with Gasteiger partial charge in [-0.05, 0) is 26.8 Å². The number of nitrogens with one attached hydrogen (secondary N) is 2. The lowest BCUT2D eigenvalue weighted by Gasteiger charge is -2.32. The smallest absolute Gasteiger partial charge is 0.400 e. The lowest BCUT2D eigenvalue weighted by Crippen LogP contribution is -2.41. The molecule has 2 aromatic heterocycles. The molecular formula is C29H28F3N7O3S. The topological polar surface area (TPSA) is 118 Å². The Hall–Kier alpha value is -4.30. The average Bonchev–Trinajstić information content (AvgIpc) is 3.60. The number of aromatic nitrogens is 3. The summed E-state index contributed by atoms with van der Waals surface area (Å²) in [6.45, 7) is 5.40. The van der Waals surface area contributed by atoms with Crippen molar-refractivity contribution in [3.05, 3.63) is 70.7 Å². The SMILES string of the molecule is C[C@H]1CN(c2sc(C(C)(C)C(F)(F)F)nc2-c2nnc(N[C@H]3N=C(c4ccccc4)c4ccccc4NC3=O)o2)CCO1. The molecule has 4 heterocycles. The van der Waals surface area contributed by atoms with Crippen LogP contribution in [0.25, 0.3) is 11.6 Å². The van der Waals surface area contributed by atoms with Crippen molar-refractivity contribution in [3.8, 4) is 11.6 Å². The summed E-state index contributed by atoms with van der Waals surface area (Å²) in [4.78, 5) is 24.2. The fraction of sp³-hybridized carbons (Fsp3) is 0.345. The van der Waals surface area contributed by atoms with Gasteiger partial charge < -0.3 is 24.7 Å². The Morgan fingerprint density at radius 2 is 1.81 bits per heavy atom. The van der Waals surface area contributed by atoms with Crippen LogP contribution in [0.15, 0.2) is 64.0 Å². The van der Waals surface area contributed by atoms with Gasteiger partial charge in [-0.15, -0.1) is 5.10 Å². The van der Waals surface area contributed by atoms with Crippen molar-refractivity contribution in [1.29, 1.82) is 0 Å². The normalized spacial score (nSPS) is 19.3. The third-order valence-electron chi connectivity index (χ3n) is 7.26. The highest BCUT2D eigenvalue weighted by Gasteiger charge is 2.51. The Balaban J connectivity index is 1.35.